The highest BCUT2D eigenvalue weighted by molar-refractivity contribution is 5.94. The molecule has 0 fully saturated rings. The van der Waals surface area contributed by atoms with Crippen LogP contribution in [0.2, 0.25) is 0 Å². The van der Waals surface area contributed by atoms with Gasteiger partial charge in [-0.15, -0.1) is 0 Å². The zero-order valence-corrected chi connectivity index (χ0v) is 8.99. The topological polar surface area (TPSA) is 92.4 Å². The van der Waals surface area contributed by atoms with E-state index in [1.54, 1.807) is 19.1 Å². The molecule has 4 N–H and O–H groups in total. The van der Waals surface area contributed by atoms with Crippen LogP contribution in [-0.4, -0.2) is 23.5 Å². The van der Waals surface area contributed by atoms with Crippen molar-refractivity contribution >= 4 is 11.8 Å². The van der Waals surface area contributed by atoms with Crippen molar-refractivity contribution in [2.24, 2.45) is 5.73 Å². The third kappa shape index (κ3) is 3.27. The number of rotatable bonds is 4. The summed E-state index contributed by atoms with van der Waals surface area (Å²) in [5.74, 6) is -0.730. The number of aryl methyl sites for hydroxylation is 1. The fraction of sp³-hybridized carbons (Fsp3) is 0.273. The van der Waals surface area contributed by atoms with Crippen LogP contribution in [0.25, 0.3) is 0 Å². The second kappa shape index (κ2) is 5.16. The van der Waals surface area contributed by atoms with E-state index in [1.807, 2.05) is 0 Å². The molecule has 0 saturated carbocycles. The first-order valence-corrected chi connectivity index (χ1v) is 4.87. The molecular formula is C11H14N2O3. The smallest absolute Gasteiger partial charge is 0.251 e. The minimum absolute atomic E-state index is 0.0718. The van der Waals surface area contributed by atoms with Gasteiger partial charge in [-0.3, -0.25) is 9.59 Å². The van der Waals surface area contributed by atoms with Crippen molar-refractivity contribution in [3.63, 3.8) is 0 Å². The predicted molar refractivity (Wildman–Crippen MR) is 59.0 cm³/mol. The number of aromatic hydroxyl groups is 1. The summed E-state index contributed by atoms with van der Waals surface area (Å²) >= 11 is 0. The number of phenolic OH excluding ortho intramolecular Hbond substituents is 1. The van der Waals surface area contributed by atoms with Crippen molar-refractivity contribution < 1.29 is 14.7 Å². The molecule has 1 aromatic carbocycles. The average molecular weight is 222 g/mol. The molecule has 5 heteroatoms. The van der Waals surface area contributed by atoms with Gasteiger partial charge in [-0.1, -0.05) is 6.07 Å². The van der Waals surface area contributed by atoms with Gasteiger partial charge >= 0.3 is 0 Å². The minimum atomic E-state index is -0.466. The van der Waals surface area contributed by atoms with Crippen molar-refractivity contribution in [2.45, 2.75) is 13.3 Å². The molecule has 0 aliphatic carbocycles. The Hall–Kier alpha value is -2.04. The maximum absolute atomic E-state index is 11.5. The lowest BCUT2D eigenvalue weighted by atomic mass is 10.1. The molecule has 0 bridgehead atoms. The Morgan fingerprint density at radius 2 is 2.12 bits per heavy atom. The summed E-state index contributed by atoms with van der Waals surface area (Å²) in [7, 11) is 0. The van der Waals surface area contributed by atoms with Gasteiger partial charge in [0.1, 0.15) is 5.75 Å². The minimum Gasteiger partial charge on any atom is -0.508 e. The number of phenols is 1. The number of nitrogens with two attached hydrogens (primary N) is 1. The predicted octanol–water partition coefficient (Wildman–Crippen LogP) is 0.306. The Morgan fingerprint density at radius 1 is 1.44 bits per heavy atom. The number of primary amides is 1. The maximum atomic E-state index is 11.5. The van der Waals surface area contributed by atoms with Crippen LogP contribution in [-0.2, 0) is 4.79 Å². The molecule has 86 valence electrons. The standard InChI is InChI=1S/C11H14N2O3/c1-7-2-3-8(6-9(7)14)11(16)13-5-4-10(12)15/h2-3,6,14H,4-5H2,1H3,(H2,12,15)(H,13,16). The summed E-state index contributed by atoms with van der Waals surface area (Å²) in [6.07, 6.45) is 0.101. The Balaban J connectivity index is 2.59. The largest absolute Gasteiger partial charge is 0.508 e. The molecular weight excluding hydrogens is 208 g/mol. The molecule has 1 aromatic rings. The molecule has 16 heavy (non-hydrogen) atoms. The van der Waals surface area contributed by atoms with E-state index in [0.717, 1.165) is 0 Å². The summed E-state index contributed by atoms with van der Waals surface area (Å²) < 4.78 is 0. The van der Waals surface area contributed by atoms with E-state index in [0.29, 0.717) is 11.1 Å². The first kappa shape index (κ1) is 12.0. The van der Waals surface area contributed by atoms with Crippen LogP contribution in [0, 0.1) is 6.92 Å². The lowest BCUT2D eigenvalue weighted by molar-refractivity contribution is -0.117. The highest BCUT2D eigenvalue weighted by Gasteiger charge is 2.07. The number of hydrogen-bond acceptors (Lipinski definition) is 3. The van der Waals surface area contributed by atoms with Gasteiger partial charge in [0.25, 0.3) is 5.91 Å². The monoisotopic (exact) mass is 222 g/mol. The zero-order chi connectivity index (χ0) is 12.1. The second-order valence-corrected chi connectivity index (χ2v) is 3.47. The summed E-state index contributed by atoms with van der Waals surface area (Å²) in [5.41, 5.74) is 5.99. The van der Waals surface area contributed by atoms with Gasteiger partial charge in [0, 0.05) is 18.5 Å². The fourth-order valence-electron chi connectivity index (χ4n) is 1.15. The van der Waals surface area contributed by atoms with Gasteiger partial charge in [-0.05, 0) is 24.6 Å². The third-order valence-corrected chi connectivity index (χ3v) is 2.13. The van der Waals surface area contributed by atoms with E-state index < -0.39 is 5.91 Å². The van der Waals surface area contributed by atoms with Gasteiger partial charge in [0.05, 0.1) is 0 Å². The molecule has 0 spiro atoms. The molecule has 0 unspecified atom stereocenters. The van der Waals surface area contributed by atoms with E-state index in [9.17, 15) is 14.7 Å². The number of carbonyl (C=O) groups excluding carboxylic acids is 2. The van der Waals surface area contributed by atoms with Gasteiger partial charge in [0.2, 0.25) is 5.91 Å². The van der Waals surface area contributed by atoms with E-state index >= 15 is 0 Å². The molecule has 0 aliphatic rings. The number of amides is 2. The molecule has 0 aliphatic heterocycles. The van der Waals surface area contributed by atoms with Crippen molar-refractivity contribution in [3.8, 4) is 5.75 Å². The molecule has 5 nitrogen and oxygen atoms in total. The Labute approximate surface area is 93.3 Å². The van der Waals surface area contributed by atoms with Crippen LogP contribution in [0.3, 0.4) is 0 Å². The van der Waals surface area contributed by atoms with Crippen molar-refractivity contribution in [3.05, 3.63) is 29.3 Å². The zero-order valence-electron chi connectivity index (χ0n) is 8.99. The summed E-state index contributed by atoms with van der Waals surface area (Å²) in [6, 6.07) is 4.64. The fourth-order valence-corrected chi connectivity index (χ4v) is 1.15. The summed E-state index contributed by atoms with van der Waals surface area (Å²) in [5, 5.41) is 11.9. The van der Waals surface area contributed by atoms with Gasteiger partial charge in [-0.25, -0.2) is 0 Å². The van der Waals surface area contributed by atoms with Crippen molar-refractivity contribution in [1.82, 2.24) is 5.32 Å². The van der Waals surface area contributed by atoms with Gasteiger partial charge in [-0.2, -0.15) is 0 Å². The number of benzene rings is 1. The van der Waals surface area contributed by atoms with Crippen LogP contribution in [0.1, 0.15) is 22.3 Å². The van der Waals surface area contributed by atoms with Gasteiger partial charge < -0.3 is 16.2 Å². The van der Waals surface area contributed by atoms with Gasteiger partial charge in [0.15, 0.2) is 0 Å². The third-order valence-electron chi connectivity index (χ3n) is 2.13. The Kier molecular flexibility index (Phi) is 3.88. The molecule has 2 amide bonds. The lowest BCUT2D eigenvalue weighted by Gasteiger charge is -2.05. The number of carbonyl (C=O) groups is 2. The van der Waals surface area contributed by atoms with Crippen LogP contribution < -0.4 is 11.1 Å². The summed E-state index contributed by atoms with van der Waals surface area (Å²) in [4.78, 5) is 22.0. The van der Waals surface area contributed by atoms with Crippen LogP contribution in [0.4, 0.5) is 0 Å². The van der Waals surface area contributed by atoms with Crippen LogP contribution in [0.15, 0.2) is 18.2 Å². The Morgan fingerprint density at radius 3 is 2.69 bits per heavy atom. The van der Waals surface area contributed by atoms with Crippen molar-refractivity contribution in [1.29, 1.82) is 0 Å². The van der Waals surface area contributed by atoms with E-state index in [-0.39, 0.29) is 24.6 Å². The highest BCUT2D eigenvalue weighted by atomic mass is 16.3. The molecule has 0 radical (unpaired) electrons. The molecule has 1 rings (SSSR count). The van der Waals surface area contributed by atoms with Crippen LogP contribution >= 0.6 is 0 Å². The van der Waals surface area contributed by atoms with E-state index in [2.05, 4.69) is 5.32 Å². The number of nitrogens with one attached hydrogen (secondary N) is 1. The van der Waals surface area contributed by atoms with Crippen LogP contribution in [0.5, 0.6) is 5.75 Å². The molecule has 0 heterocycles. The van der Waals surface area contributed by atoms with Crippen molar-refractivity contribution in [2.75, 3.05) is 6.54 Å². The SMILES string of the molecule is Cc1ccc(C(=O)NCCC(N)=O)cc1O. The van der Waals surface area contributed by atoms with E-state index in [4.69, 9.17) is 5.73 Å². The normalized spacial score (nSPS) is 9.81. The lowest BCUT2D eigenvalue weighted by Crippen LogP contribution is -2.27. The summed E-state index contributed by atoms with van der Waals surface area (Å²) in [6.45, 7) is 1.94. The molecule has 0 saturated heterocycles. The quantitative estimate of drug-likeness (QED) is 0.684. The Bertz CT molecular complexity index is 416. The first-order chi connectivity index (χ1) is 7.50. The molecule has 0 atom stereocenters. The number of hydrogen-bond donors (Lipinski definition) is 3. The highest BCUT2D eigenvalue weighted by Crippen LogP contribution is 2.17. The average Bonchev–Trinajstić information content (AvgIpc) is 2.21. The molecule has 0 aromatic heterocycles. The maximum Gasteiger partial charge on any atom is 0.251 e. The first-order valence-electron chi connectivity index (χ1n) is 4.87. The van der Waals surface area contributed by atoms with E-state index in [1.165, 1.54) is 6.07 Å². The second-order valence-electron chi connectivity index (χ2n) is 3.47.